The standard InChI is InChI=1S/C23H20BrN3O5S2/c24-17-3-6-21-19(12-17)16(13-32-21)11-22(28)26-23-25-20(14-33-23)15-1-4-18(5-2-15)34(29,30)27-7-9-31-10-8-27/h1-6,12-14H,7-11H2,(H,25,26,28). The monoisotopic (exact) mass is 561 g/mol. The van der Waals surface area contributed by atoms with Gasteiger partial charge in [-0.25, -0.2) is 13.4 Å². The number of hydrogen-bond acceptors (Lipinski definition) is 7. The van der Waals surface area contributed by atoms with Gasteiger partial charge in [-0.1, -0.05) is 28.1 Å². The van der Waals surface area contributed by atoms with E-state index < -0.39 is 10.0 Å². The minimum atomic E-state index is -3.55. The van der Waals surface area contributed by atoms with Crippen molar-refractivity contribution in [3.63, 3.8) is 0 Å². The summed E-state index contributed by atoms with van der Waals surface area (Å²) in [6.45, 7) is 1.51. The minimum absolute atomic E-state index is 0.159. The van der Waals surface area contributed by atoms with Crippen molar-refractivity contribution in [1.82, 2.24) is 9.29 Å². The zero-order valence-electron chi connectivity index (χ0n) is 17.9. The maximum absolute atomic E-state index is 12.8. The Morgan fingerprint density at radius 1 is 1.15 bits per heavy atom. The molecule has 3 heterocycles. The third-order valence-corrected chi connectivity index (χ3v) is 8.64. The molecule has 0 radical (unpaired) electrons. The van der Waals surface area contributed by atoms with Gasteiger partial charge in [0.05, 0.1) is 36.5 Å². The SMILES string of the molecule is O=C(Cc1coc2ccc(Br)cc12)Nc1nc(-c2ccc(S(=O)(=O)N3CCOCC3)cc2)cs1. The smallest absolute Gasteiger partial charge is 0.243 e. The predicted octanol–water partition coefficient (Wildman–Crippen LogP) is 4.52. The van der Waals surface area contributed by atoms with Gasteiger partial charge in [0, 0.05) is 39.5 Å². The summed E-state index contributed by atoms with van der Waals surface area (Å²) < 4.78 is 38.7. The molecule has 1 amide bonds. The highest BCUT2D eigenvalue weighted by atomic mass is 79.9. The van der Waals surface area contributed by atoms with Crippen molar-refractivity contribution in [3.8, 4) is 11.3 Å². The third-order valence-electron chi connectivity index (χ3n) is 5.48. The molecule has 4 aromatic rings. The molecule has 34 heavy (non-hydrogen) atoms. The number of carbonyl (C=O) groups excluding carboxylic acids is 1. The molecular formula is C23H20BrN3O5S2. The van der Waals surface area contributed by atoms with E-state index in [1.54, 1.807) is 30.5 Å². The van der Waals surface area contributed by atoms with Gasteiger partial charge < -0.3 is 14.5 Å². The molecule has 0 spiro atoms. The maximum atomic E-state index is 12.8. The van der Waals surface area contributed by atoms with Crippen LogP contribution in [0.1, 0.15) is 5.56 Å². The van der Waals surface area contributed by atoms with Crippen LogP contribution in [-0.2, 0) is 26.0 Å². The van der Waals surface area contributed by atoms with Crippen LogP contribution in [-0.4, -0.2) is 49.9 Å². The first-order chi connectivity index (χ1) is 16.4. The number of benzene rings is 2. The Morgan fingerprint density at radius 2 is 1.91 bits per heavy atom. The molecule has 1 saturated heterocycles. The molecule has 0 aliphatic carbocycles. The summed E-state index contributed by atoms with van der Waals surface area (Å²) in [6.07, 6.45) is 1.75. The normalized spacial score (nSPS) is 15.0. The van der Waals surface area contributed by atoms with Gasteiger partial charge in [-0.3, -0.25) is 4.79 Å². The second-order valence-electron chi connectivity index (χ2n) is 7.71. The number of ether oxygens (including phenoxy) is 1. The lowest BCUT2D eigenvalue weighted by atomic mass is 10.1. The van der Waals surface area contributed by atoms with Crippen LogP contribution in [0.4, 0.5) is 5.13 Å². The van der Waals surface area contributed by atoms with Crippen LogP contribution in [0, 0.1) is 0 Å². The number of rotatable bonds is 6. The molecule has 0 bridgehead atoms. The lowest BCUT2D eigenvalue weighted by Crippen LogP contribution is -2.40. The molecule has 0 atom stereocenters. The number of anilines is 1. The number of morpholine rings is 1. The number of carbonyl (C=O) groups is 1. The van der Waals surface area contributed by atoms with Crippen molar-refractivity contribution in [1.29, 1.82) is 0 Å². The van der Waals surface area contributed by atoms with E-state index in [9.17, 15) is 13.2 Å². The van der Waals surface area contributed by atoms with E-state index in [1.165, 1.54) is 15.6 Å². The number of halogens is 1. The van der Waals surface area contributed by atoms with Crippen molar-refractivity contribution in [3.05, 3.63) is 64.1 Å². The fourth-order valence-electron chi connectivity index (χ4n) is 3.72. The van der Waals surface area contributed by atoms with Crippen LogP contribution >= 0.6 is 27.3 Å². The quantitative estimate of drug-likeness (QED) is 0.371. The molecule has 0 saturated carbocycles. The van der Waals surface area contributed by atoms with Gasteiger partial charge >= 0.3 is 0 Å². The zero-order valence-corrected chi connectivity index (χ0v) is 21.1. The van der Waals surface area contributed by atoms with Crippen LogP contribution in [0.2, 0.25) is 0 Å². The van der Waals surface area contributed by atoms with E-state index in [2.05, 4.69) is 26.2 Å². The molecule has 2 aromatic heterocycles. The van der Waals surface area contributed by atoms with Crippen molar-refractivity contribution in [2.24, 2.45) is 0 Å². The van der Waals surface area contributed by atoms with E-state index in [0.29, 0.717) is 37.1 Å². The third kappa shape index (κ3) is 4.80. The van der Waals surface area contributed by atoms with E-state index in [-0.39, 0.29) is 17.2 Å². The summed E-state index contributed by atoms with van der Waals surface area (Å²) in [5.41, 5.74) is 2.95. The number of aromatic nitrogens is 1. The second-order valence-corrected chi connectivity index (χ2v) is 11.4. The molecule has 176 valence electrons. The van der Waals surface area contributed by atoms with Crippen molar-refractivity contribution in [2.45, 2.75) is 11.3 Å². The summed E-state index contributed by atoms with van der Waals surface area (Å²) in [5, 5.41) is 6.01. The maximum Gasteiger partial charge on any atom is 0.243 e. The Balaban J connectivity index is 1.26. The molecule has 1 fully saturated rings. The number of fused-ring (bicyclic) bond motifs is 1. The Labute approximate surface area is 208 Å². The topological polar surface area (TPSA) is 102 Å². The second kappa shape index (κ2) is 9.59. The van der Waals surface area contributed by atoms with Crippen LogP contribution in [0.15, 0.2) is 67.9 Å². The highest BCUT2D eigenvalue weighted by molar-refractivity contribution is 9.10. The Kier molecular flexibility index (Phi) is 6.54. The number of amides is 1. The summed E-state index contributed by atoms with van der Waals surface area (Å²) in [7, 11) is -3.55. The Hall–Kier alpha value is -2.57. The van der Waals surface area contributed by atoms with Gasteiger partial charge in [0.15, 0.2) is 5.13 Å². The van der Waals surface area contributed by atoms with Crippen LogP contribution in [0.5, 0.6) is 0 Å². The zero-order chi connectivity index (χ0) is 23.7. The molecule has 8 nitrogen and oxygen atoms in total. The van der Waals surface area contributed by atoms with E-state index >= 15 is 0 Å². The van der Waals surface area contributed by atoms with Gasteiger partial charge in [-0.15, -0.1) is 11.3 Å². The highest BCUT2D eigenvalue weighted by Crippen LogP contribution is 2.28. The molecule has 5 rings (SSSR count). The summed E-state index contributed by atoms with van der Waals surface area (Å²) in [5.74, 6) is -0.199. The summed E-state index contributed by atoms with van der Waals surface area (Å²) in [4.78, 5) is 17.3. The molecule has 1 aliphatic rings. The number of hydrogen-bond donors (Lipinski definition) is 1. The van der Waals surface area contributed by atoms with Gasteiger partial charge in [0.2, 0.25) is 15.9 Å². The molecule has 1 N–H and O–H groups in total. The molecule has 1 aliphatic heterocycles. The minimum Gasteiger partial charge on any atom is -0.464 e. The Morgan fingerprint density at radius 3 is 2.68 bits per heavy atom. The first-order valence-electron chi connectivity index (χ1n) is 10.5. The van der Waals surface area contributed by atoms with E-state index in [4.69, 9.17) is 9.15 Å². The number of nitrogens with one attached hydrogen (secondary N) is 1. The van der Waals surface area contributed by atoms with Gasteiger partial charge in [0.25, 0.3) is 0 Å². The average molecular weight is 562 g/mol. The first kappa shape index (κ1) is 23.2. The van der Waals surface area contributed by atoms with Gasteiger partial charge in [0.1, 0.15) is 5.58 Å². The fraction of sp³-hybridized carbons (Fsp3) is 0.217. The molecule has 2 aromatic carbocycles. The Bertz CT molecular complexity index is 1440. The highest BCUT2D eigenvalue weighted by Gasteiger charge is 2.26. The van der Waals surface area contributed by atoms with E-state index in [1.807, 2.05) is 23.6 Å². The predicted molar refractivity (Wildman–Crippen MR) is 133 cm³/mol. The summed E-state index contributed by atoms with van der Waals surface area (Å²) in [6, 6.07) is 12.3. The van der Waals surface area contributed by atoms with Gasteiger partial charge in [-0.2, -0.15) is 4.31 Å². The molecule has 11 heteroatoms. The molecule has 0 unspecified atom stereocenters. The van der Waals surface area contributed by atoms with Crippen LogP contribution < -0.4 is 5.32 Å². The lowest BCUT2D eigenvalue weighted by molar-refractivity contribution is -0.115. The average Bonchev–Trinajstić information content (AvgIpc) is 3.47. The number of thiazole rings is 1. The fourth-order valence-corrected chi connectivity index (χ4v) is 6.23. The first-order valence-corrected chi connectivity index (χ1v) is 13.6. The largest absolute Gasteiger partial charge is 0.464 e. The number of nitrogens with zero attached hydrogens (tertiary/aromatic N) is 2. The van der Waals surface area contributed by atoms with Crippen molar-refractivity contribution in [2.75, 3.05) is 31.6 Å². The van der Waals surface area contributed by atoms with Gasteiger partial charge in [-0.05, 0) is 30.3 Å². The van der Waals surface area contributed by atoms with Crippen LogP contribution in [0.25, 0.3) is 22.2 Å². The van der Waals surface area contributed by atoms with Crippen molar-refractivity contribution >= 4 is 59.3 Å². The van der Waals surface area contributed by atoms with Crippen molar-refractivity contribution < 1.29 is 22.4 Å². The lowest BCUT2D eigenvalue weighted by Gasteiger charge is -2.26. The summed E-state index contributed by atoms with van der Waals surface area (Å²) >= 11 is 4.75. The van der Waals surface area contributed by atoms with E-state index in [0.717, 1.165) is 26.6 Å². The van der Waals surface area contributed by atoms with Crippen LogP contribution in [0.3, 0.4) is 0 Å². The number of furan rings is 1. The molecular weight excluding hydrogens is 542 g/mol. The number of sulfonamides is 1.